The predicted octanol–water partition coefficient (Wildman–Crippen LogP) is 1.45. The molecular formula is C11H9NO4. The molecule has 2 aromatic heterocycles. The molecule has 0 amide bonds. The Bertz CT molecular complexity index is 492. The molecule has 0 bridgehead atoms. The monoisotopic (exact) mass is 219 g/mol. The second-order valence-corrected chi connectivity index (χ2v) is 3.16. The molecule has 0 saturated heterocycles. The number of nitrogens with zero attached hydrogens (tertiary/aromatic N) is 1. The summed E-state index contributed by atoms with van der Waals surface area (Å²) in [4.78, 5) is 14.8. The molecule has 0 saturated carbocycles. The molecule has 0 aromatic carbocycles. The number of aliphatic hydroxyl groups excluding tert-OH is 1. The van der Waals surface area contributed by atoms with E-state index in [1.165, 1.54) is 18.5 Å². The van der Waals surface area contributed by atoms with Gasteiger partial charge in [-0.25, -0.2) is 4.79 Å². The minimum atomic E-state index is -1.16. The first kappa shape index (κ1) is 10.4. The van der Waals surface area contributed by atoms with Gasteiger partial charge in [-0.1, -0.05) is 6.07 Å². The number of aromatic nitrogens is 1. The normalized spacial score (nSPS) is 12.3. The minimum absolute atomic E-state index is 0.00815. The molecular weight excluding hydrogens is 210 g/mol. The van der Waals surface area contributed by atoms with Crippen LogP contribution in [0.2, 0.25) is 0 Å². The highest BCUT2D eigenvalue weighted by atomic mass is 16.4. The number of pyridine rings is 1. The molecule has 0 aliphatic heterocycles. The van der Waals surface area contributed by atoms with E-state index in [9.17, 15) is 9.90 Å². The van der Waals surface area contributed by atoms with Crippen molar-refractivity contribution in [1.29, 1.82) is 0 Å². The molecule has 2 N–H and O–H groups in total. The summed E-state index contributed by atoms with van der Waals surface area (Å²) in [7, 11) is 0. The highest BCUT2D eigenvalue weighted by Gasteiger charge is 2.22. The van der Waals surface area contributed by atoms with Crippen LogP contribution in [-0.2, 0) is 0 Å². The maximum absolute atomic E-state index is 10.8. The lowest BCUT2D eigenvalue weighted by molar-refractivity contribution is 0.0687. The van der Waals surface area contributed by atoms with Crippen LogP contribution in [0.15, 0.2) is 41.1 Å². The van der Waals surface area contributed by atoms with Gasteiger partial charge in [0, 0.05) is 6.20 Å². The summed E-state index contributed by atoms with van der Waals surface area (Å²) in [5.41, 5.74) is 0.290. The maximum atomic E-state index is 10.8. The quantitative estimate of drug-likeness (QED) is 0.816. The number of carboxylic acids is 1. The molecule has 0 fully saturated rings. The molecule has 16 heavy (non-hydrogen) atoms. The van der Waals surface area contributed by atoms with Gasteiger partial charge in [0.05, 0.1) is 12.0 Å². The van der Waals surface area contributed by atoms with Crippen molar-refractivity contribution in [3.8, 4) is 0 Å². The zero-order valence-corrected chi connectivity index (χ0v) is 8.20. The first-order chi connectivity index (χ1) is 7.70. The lowest BCUT2D eigenvalue weighted by Gasteiger charge is -2.07. The molecule has 1 atom stereocenters. The van der Waals surface area contributed by atoms with Gasteiger partial charge < -0.3 is 14.6 Å². The van der Waals surface area contributed by atoms with E-state index in [1.54, 1.807) is 18.2 Å². The van der Waals surface area contributed by atoms with Gasteiger partial charge in [-0.05, 0) is 18.2 Å². The Hall–Kier alpha value is -2.14. The number of rotatable bonds is 3. The van der Waals surface area contributed by atoms with Crippen LogP contribution >= 0.6 is 0 Å². The molecule has 2 rings (SSSR count). The van der Waals surface area contributed by atoms with Crippen molar-refractivity contribution < 1.29 is 19.4 Å². The third kappa shape index (κ3) is 1.80. The van der Waals surface area contributed by atoms with Gasteiger partial charge in [0.1, 0.15) is 5.56 Å². The largest absolute Gasteiger partial charge is 0.478 e. The first-order valence-electron chi connectivity index (χ1n) is 4.60. The molecule has 82 valence electrons. The SMILES string of the molecule is O=C(O)c1ccoc1C(O)c1ccccn1. The van der Waals surface area contributed by atoms with Gasteiger partial charge in [-0.3, -0.25) is 4.98 Å². The van der Waals surface area contributed by atoms with E-state index in [1.807, 2.05) is 0 Å². The summed E-state index contributed by atoms with van der Waals surface area (Å²) in [5, 5.41) is 18.7. The fraction of sp³-hybridized carbons (Fsp3) is 0.0909. The van der Waals surface area contributed by atoms with E-state index >= 15 is 0 Å². The molecule has 0 spiro atoms. The third-order valence-corrected chi connectivity index (χ3v) is 2.14. The zero-order chi connectivity index (χ0) is 11.5. The molecule has 1 unspecified atom stereocenters. The van der Waals surface area contributed by atoms with Crippen molar-refractivity contribution in [2.75, 3.05) is 0 Å². The van der Waals surface area contributed by atoms with E-state index in [0.29, 0.717) is 5.69 Å². The fourth-order valence-corrected chi connectivity index (χ4v) is 1.38. The smallest absolute Gasteiger partial charge is 0.339 e. The van der Waals surface area contributed by atoms with E-state index in [0.717, 1.165) is 0 Å². The van der Waals surface area contributed by atoms with E-state index in [-0.39, 0.29) is 11.3 Å². The van der Waals surface area contributed by atoms with Crippen molar-refractivity contribution in [2.45, 2.75) is 6.10 Å². The van der Waals surface area contributed by atoms with Crippen LogP contribution in [0, 0.1) is 0 Å². The Kier molecular flexibility index (Phi) is 2.70. The van der Waals surface area contributed by atoms with Gasteiger partial charge in [-0.2, -0.15) is 0 Å². The Morgan fingerprint density at radius 3 is 2.81 bits per heavy atom. The summed E-state index contributed by atoms with van der Waals surface area (Å²) < 4.78 is 4.97. The van der Waals surface area contributed by atoms with E-state index in [4.69, 9.17) is 9.52 Å². The second kappa shape index (κ2) is 4.16. The molecule has 2 aromatic rings. The number of carbonyl (C=O) groups is 1. The van der Waals surface area contributed by atoms with Gasteiger partial charge in [0.25, 0.3) is 0 Å². The highest BCUT2D eigenvalue weighted by Crippen LogP contribution is 2.24. The van der Waals surface area contributed by atoms with Crippen LogP contribution < -0.4 is 0 Å². The van der Waals surface area contributed by atoms with Gasteiger partial charge in [-0.15, -0.1) is 0 Å². The van der Waals surface area contributed by atoms with Crippen LogP contribution in [0.25, 0.3) is 0 Å². The van der Waals surface area contributed by atoms with Crippen LogP contribution in [0.4, 0.5) is 0 Å². The molecule has 2 heterocycles. The average Bonchev–Trinajstić information content (AvgIpc) is 2.78. The number of hydrogen-bond acceptors (Lipinski definition) is 4. The van der Waals surface area contributed by atoms with Crippen molar-refractivity contribution in [3.05, 3.63) is 53.7 Å². The topological polar surface area (TPSA) is 83.6 Å². The van der Waals surface area contributed by atoms with Gasteiger partial charge >= 0.3 is 5.97 Å². The molecule has 5 nitrogen and oxygen atoms in total. The van der Waals surface area contributed by atoms with Crippen LogP contribution in [-0.4, -0.2) is 21.2 Å². The average molecular weight is 219 g/mol. The summed E-state index contributed by atoms with van der Waals surface area (Å²) in [5.74, 6) is -1.15. The van der Waals surface area contributed by atoms with E-state index in [2.05, 4.69) is 4.98 Å². The summed E-state index contributed by atoms with van der Waals surface area (Å²) in [6.45, 7) is 0. The summed E-state index contributed by atoms with van der Waals surface area (Å²) in [6.07, 6.45) is 1.58. The summed E-state index contributed by atoms with van der Waals surface area (Å²) >= 11 is 0. The number of carboxylic acid groups (broad SMARTS) is 1. The standard InChI is InChI=1S/C11H9NO4/c13-9(8-3-1-2-5-12-8)10-7(11(14)15)4-6-16-10/h1-6,9,13H,(H,14,15). The van der Waals surface area contributed by atoms with Crippen molar-refractivity contribution in [2.24, 2.45) is 0 Å². The van der Waals surface area contributed by atoms with Crippen LogP contribution in [0.1, 0.15) is 27.9 Å². The fourth-order valence-electron chi connectivity index (χ4n) is 1.38. The minimum Gasteiger partial charge on any atom is -0.478 e. The Labute approximate surface area is 91.0 Å². The Morgan fingerprint density at radius 2 is 2.19 bits per heavy atom. The molecule has 0 aliphatic carbocycles. The molecule has 0 radical (unpaired) electrons. The number of aromatic carboxylic acids is 1. The maximum Gasteiger partial charge on any atom is 0.339 e. The number of furan rings is 1. The lowest BCUT2D eigenvalue weighted by atomic mass is 10.1. The first-order valence-corrected chi connectivity index (χ1v) is 4.60. The lowest BCUT2D eigenvalue weighted by Crippen LogP contribution is -2.06. The predicted molar refractivity (Wildman–Crippen MR) is 54.0 cm³/mol. The van der Waals surface area contributed by atoms with Crippen LogP contribution in [0.3, 0.4) is 0 Å². The highest BCUT2D eigenvalue weighted by molar-refractivity contribution is 5.88. The zero-order valence-electron chi connectivity index (χ0n) is 8.20. The summed E-state index contributed by atoms with van der Waals surface area (Å²) in [6, 6.07) is 6.30. The Morgan fingerprint density at radius 1 is 1.38 bits per heavy atom. The molecule has 5 heteroatoms. The number of hydrogen-bond donors (Lipinski definition) is 2. The van der Waals surface area contributed by atoms with Crippen molar-refractivity contribution >= 4 is 5.97 Å². The van der Waals surface area contributed by atoms with Gasteiger partial charge in [0.2, 0.25) is 0 Å². The van der Waals surface area contributed by atoms with E-state index < -0.39 is 12.1 Å². The Balaban J connectivity index is 2.38. The van der Waals surface area contributed by atoms with Crippen molar-refractivity contribution in [3.63, 3.8) is 0 Å². The van der Waals surface area contributed by atoms with Gasteiger partial charge in [0.15, 0.2) is 11.9 Å². The number of aliphatic hydroxyl groups is 1. The van der Waals surface area contributed by atoms with Crippen molar-refractivity contribution in [1.82, 2.24) is 4.98 Å². The third-order valence-electron chi connectivity index (χ3n) is 2.14. The van der Waals surface area contributed by atoms with Crippen LogP contribution in [0.5, 0.6) is 0 Å². The molecule has 0 aliphatic rings. The second-order valence-electron chi connectivity index (χ2n) is 3.16.